The summed E-state index contributed by atoms with van der Waals surface area (Å²) in [6.07, 6.45) is 0.553. The van der Waals surface area contributed by atoms with Gasteiger partial charge < -0.3 is 15.7 Å². The second-order valence-electron chi connectivity index (χ2n) is 6.28. The number of benzene rings is 1. The fourth-order valence-electron chi connectivity index (χ4n) is 2.17. The number of hydrogen-bond donors (Lipinski definition) is 3. The van der Waals surface area contributed by atoms with E-state index in [1.807, 2.05) is 12.1 Å². The normalized spacial score (nSPS) is 17.1. The van der Waals surface area contributed by atoms with Crippen molar-refractivity contribution in [2.45, 2.75) is 38.7 Å². The van der Waals surface area contributed by atoms with Crippen molar-refractivity contribution < 1.29 is 5.11 Å². The number of guanidine groups is 1. The van der Waals surface area contributed by atoms with E-state index in [0.717, 1.165) is 31.0 Å². The van der Waals surface area contributed by atoms with Gasteiger partial charge in [-0.25, -0.2) is 0 Å². The Kier molecular flexibility index (Phi) is 4.65. The molecule has 0 aliphatic carbocycles. The topological polar surface area (TPSA) is 56.6 Å². The average Bonchev–Trinajstić information content (AvgIpc) is 2.45. The molecule has 2 rings (SSSR count). The molecule has 0 spiro atoms. The molecule has 1 aliphatic rings. The van der Waals surface area contributed by atoms with Gasteiger partial charge in [-0.15, -0.1) is 0 Å². The zero-order valence-corrected chi connectivity index (χ0v) is 12.6. The van der Waals surface area contributed by atoms with Crippen molar-refractivity contribution in [3.8, 4) is 0 Å². The lowest BCUT2D eigenvalue weighted by Crippen LogP contribution is -2.42. The molecule has 4 heteroatoms. The van der Waals surface area contributed by atoms with Gasteiger partial charge in [-0.05, 0) is 23.0 Å². The predicted molar refractivity (Wildman–Crippen MR) is 83.0 cm³/mol. The minimum absolute atomic E-state index is 0.141. The molecule has 0 fully saturated rings. The maximum Gasteiger partial charge on any atom is 0.191 e. The molecule has 0 saturated heterocycles. The Morgan fingerprint density at radius 3 is 2.55 bits per heavy atom. The minimum atomic E-state index is -0.518. The lowest BCUT2D eigenvalue weighted by atomic mass is 9.86. The van der Waals surface area contributed by atoms with Gasteiger partial charge in [0.2, 0.25) is 0 Å². The standard InChI is InChI=1S/C16H25N3O/c1-16(2,3)13-7-5-12(6-8-13)14(20)11-19-15-17-9-4-10-18-15/h5-8,14,20H,4,9-11H2,1-3H3,(H2,17,18,19). The summed E-state index contributed by atoms with van der Waals surface area (Å²) >= 11 is 0. The molecular weight excluding hydrogens is 250 g/mol. The van der Waals surface area contributed by atoms with Crippen LogP contribution in [0.2, 0.25) is 0 Å². The van der Waals surface area contributed by atoms with Crippen molar-refractivity contribution >= 4 is 5.96 Å². The van der Waals surface area contributed by atoms with Crippen LogP contribution < -0.4 is 10.6 Å². The predicted octanol–water partition coefficient (Wildman–Crippen LogP) is 1.96. The molecule has 1 heterocycles. The van der Waals surface area contributed by atoms with Crippen LogP contribution in [-0.2, 0) is 5.41 Å². The zero-order valence-electron chi connectivity index (χ0n) is 12.6. The smallest absolute Gasteiger partial charge is 0.191 e. The van der Waals surface area contributed by atoms with E-state index in [0.29, 0.717) is 6.54 Å². The van der Waals surface area contributed by atoms with Crippen LogP contribution in [0.4, 0.5) is 0 Å². The third-order valence-corrected chi connectivity index (χ3v) is 3.52. The Hall–Kier alpha value is -1.55. The van der Waals surface area contributed by atoms with Crippen molar-refractivity contribution in [3.63, 3.8) is 0 Å². The molecule has 1 aliphatic heterocycles. The number of nitrogens with zero attached hydrogens (tertiary/aromatic N) is 1. The third kappa shape index (κ3) is 3.97. The molecule has 1 aromatic rings. The van der Waals surface area contributed by atoms with E-state index in [-0.39, 0.29) is 5.41 Å². The highest BCUT2D eigenvalue weighted by atomic mass is 16.3. The van der Waals surface area contributed by atoms with Crippen LogP contribution in [0.15, 0.2) is 29.3 Å². The Morgan fingerprint density at radius 2 is 2.00 bits per heavy atom. The summed E-state index contributed by atoms with van der Waals surface area (Å²) in [5.74, 6) is 0.793. The number of nitrogens with one attached hydrogen (secondary N) is 2. The number of aliphatic hydroxyl groups excluding tert-OH is 1. The maximum atomic E-state index is 10.2. The van der Waals surface area contributed by atoms with Crippen molar-refractivity contribution in [2.75, 3.05) is 19.6 Å². The lowest BCUT2D eigenvalue weighted by Gasteiger charge is -2.21. The molecule has 1 atom stereocenters. The lowest BCUT2D eigenvalue weighted by molar-refractivity contribution is 0.180. The van der Waals surface area contributed by atoms with E-state index in [4.69, 9.17) is 0 Å². The molecule has 0 aromatic heterocycles. The zero-order chi connectivity index (χ0) is 14.6. The molecule has 1 unspecified atom stereocenters. The summed E-state index contributed by atoms with van der Waals surface area (Å²) in [5, 5.41) is 16.5. The summed E-state index contributed by atoms with van der Waals surface area (Å²) < 4.78 is 0. The SMILES string of the molecule is CC(C)(C)c1ccc(C(O)CNC2=NCCCN2)cc1. The quantitative estimate of drug-likeness (QED) is 0.790. The Bertz CT molecular complexity index is 460. The van der Waals surface area contributed by atoms with E-state index >= 15 is 0 Å². The number of rotatable bonds is 3. The van der Waals surface area contributed by atoms with Crippen molar-refractivity contribution in [3.05, 3.63) is 35.4 Å². The third-order valence-electron chi connectivity index (χ3n) is 3.52. The van der Waals surface area contributed by atoms with Crippen LogP contribution in [0.25, 0.3) is 0 Å². The minimum Gasteiger partial charge on any atom is -0.387 e. The molecule has 0 amide bonds. The van der Waals surface area contributed by atoms with Gasteiger partial charge in [-0.1, -0.05) is 45.0 Å². The fraction of sp³-hybridized carbons (Fsp3) is 0.562. The van der Waals surface area contributed by atoms with Gasteiger partial charge in [-0.3, -0.25) is 4.99 Å². The van der Waals surface area contributed by atoms with Crippen molar-refractivity contribution in [2.24, 2.45) is 4.99 Å². The molecule has 0 bridgehead atoms. The highest BCUT2D eigenvalue weighted by molar-refractivity contribution is 5.80. The van der Waals surface area contributed by atoms with Crippen LogP contribution in [0, 0.1) is 0 Å². The summed E-state index contributed by atoms with van der Waals surface area (Å²) in [6.45, 7) is 8.83. The Morgan fingerprint density at radius 1 is 1.30 bits per heavy atom. The molecule has 1 aromatic carbocycles. The van der Waals surface area contributed by atoms with Crippen molar-refractivity contribution in [1.82, 2.24) is 10.6 Å². The second-order valence-corrected chi connectivity index (χ2v) is 6.28. The summed E-state index contributed by atoms with van der Waals surface area (Å²) in [6, 6.07) is 8.19. The molecule has 0 saturated carbocycles. The average molecular weight is 275 g/mol. The van der Waals surface area contributed by atoms with Crippen molar-refractivity contribution in [1.29, 1.82) is 0 Å². The Labute approximate surface area is 121 Å². The van der Waals surface area contributed by atoms with Gasteiger partial charge >= 0.3 is 0 Å². The molecule has 3 N–H and O–H groups in total. The highest BCUT2D eigenvalue weighted by Crippen LogP contribution is 2.23. The van der Waals surface area contributed by atoms with Crippen LogP contribution >= 0.6 is 0 Å². The van der Waals surface area contributed by atoms with Gasteiger partial charge in [0, 0.05) is 19.6 Å². The highest BCUT2D eigenvalue weighted by Gasteiger charge is 2.15. The second kappa shape index (κ2) is 6.27. The van der Waals surface area contributed by atoms with Gasteiger partial charge in [0.05, 0.1) is 6.10 Å². The largest absolute Gasteiger partial charge is 0.387 e. The molecule has 4 nitrogen and oxygen atoms in total. The Balaban J connectivity index is 1.92. The van der Waals surface area contributed by atoms with Crippen LogP contribution in [-0.4, -0.2) is 30.7 Å². The van der Waals surface area contributed by atoms with Gasteiger partial charge in [0.25, 0.3) is 0 Å². The van der Waals surface area contributed by atoms with Gasteiger partial charge in [-0.2, -0.15) is 0 Å². The van der Waals surface area contributed by atoms with Crippen LogP contribution in [0.1, 0.15) is 44.4 Å². The maximum absolute atomic E-state index is 10.2. The first-order valence-corrected chi connectivity index (χ1v) is 7.27. The first-order chi connectivity index (χ1) is 9.47. The summed E-state index contributed by atoms with van der Waals surface area (Å²) in [4.78, 5) is 4.32. The molecule has 20 heavy (non-hydrogen) atoms. The van der Waals surface area contributed by atoms with E-state index in [1.165, 1.54) is 5.56 Å². The number of hydrogen-bond acceptors (Lipinski definition) is 4. The molecule has 0 radical (unpaired) electrons. The first-order valence-electron chi connectivity index (χ1n) is 7.27. The summed E-state index contributed by atoms with van der Waals surface area (Å²) in [5.41, 5.74) is 2.35. The van der Waals surface area contributed by atoms with E-state index in [1.54, 1.807) is 0 Å². The molecular formula is C16H25N3O. The van der Waals surface area contributed by atoms with E-state index in [9.17, 15) is 5.11 Å². The van der Waals surface area contributed by atoms with E-state index < -0.39 is 6.10 Å². The van der Waals surface area contributed by atoms with Gasteiger partial charge in [0.1, 0.15) is 0 Å². The molecule has 110 valence electrons. The monoisotopic (exact) mass is 275 g/mol. The van der Waals surface area contributed by atoms with E-state index in [2.05, 4.69) is 48.5 Å². The van der Waals surface area contributed by atoms with Gasteiger partial charge in [0.15, 0.2) is 5.96 Å². The number of aliphatic imine (C=N–C) groups is 1. The first kappa shape index (κ1) is 14.9. The number of aliphatic hydroxyl groups is 1. The summed E-state index contributed by atoms with van der Waals surface area (Å²) in [7, 11) is 0. The van der Waals surface area contributed by atoms with Crippen LogP contribution in [0.5, 0.6) is 0 Å². The van der Waals surface area contributed by atoms with Crippen LogP contribution in [0.3, 0.4) is 0 Å². The fourth-order valence-corrected chi connectivity index (χ4v) is 2.17.